The monoisotopic (exact) mass is 378 g/mol. The van der Waals surface area contributed by atoms with Crippen molar-refractivity contribution < 1.29 is 9.53 Å². The molecule has 3 aromatic rings. The standard InChI is InChI=1S/C22H26N4O2/c1-13-7-8-23-18(9-13)14(2)10-17(27)12-28-19-11-15(3)20-21(16-5-6-16)25-26(4)22(20)24-19/h7-9,11,14,16H,5-6,10,12H2,1-4H3. The van der Waals surface area contributed by atoms with E-state index in [1.54, 1.807) is 6.20 Å². The molecular weight excluding hydrogens is 352 g/mol. The van der Waals surface area contributed by atoms with Gasteiger partial charge >= 0.3 is 0 Å². The average Bonchev–Trinajstić information content (AvgIpc) is 3.44. The average molecular weight is 378 g/mol. The Kier molecular flexibility index (Phi) is 4.87. The first-order valence-electron chi connectivity index (χ1n) is 9.83. The van der Waals surface area contributed by atoms with Gasteiger partial charge < -0.3 is 4.74 Å². The summed E-state index contributed by atoms with van der Waals surface area (Å²) in [4.78, 5) is 21.4. The SMILES string of the molecule is Cc1ccnc(C(C)CC(=O)COc2cc(C)c3c(C4CC4)nn(C)c3n2)c1. The van der Waals surface area contributed by atoms with Gasteiger partial charge in [-0.3, -0.25) is 14.5 Å². The summed E-state index contributed by atoms with van der Waals surface area (Å²) in [5.41, 5.74) is 5.15. The number of aromatic nitrogens is 4. The summed E-state index contributed by atoms with van der Waals surface area (Å²) in [6.07, 6.45) is 4.58. The molecule has 3 heterocycles. The summed E-state index contributed by atoms with van der Waals surface area (Å²) in [6, 6.07) is 5.89. The van der Waals surface area contributed by atoms with Crippen LogP contribution >= 0.6 is 0 Å². The van der Waals surface area contributed by atoms with Crippen LogP contribution in [0.4, 0.5) is 0 Å². The Labute approximate surface area is 165 Å². The normalized spacial score (nSPS) is 15.0. The number of hydrogen-bond donors (Lipinski definition) is 0. The van der Waals surface area contributed by atoms with Gasteiger partial charge in [-0.05, 0) is 49.9 Å². The Balaban J connectivity index is 1.43. The van der Waals surface area contributed by atoms with Crippen molar-refractivity contribution in [2.24, 2.45) is 7.05 Å². The van der Waals surface area contributed by atoms with Gasteiger partial charge in [0.1, 0.15) is 6.61 Å². The lowest BCUT2D eigenvalue weighted by atomic mass is 9.99. The molecule has 0 aromatic carbocycles. The van der Waals surface area contributed by atoms with E-state index in [2.05, 4.69) is 22.0 Å². The molecule has 1 atom stereocenters. The maximum atomic E-state index is 12.4. The van der Waals surface area contributed by atoms with Gasteiger partial charge in [0.25, 0.3) is 0 Å². The van der Waals surface area contributed by atoms with Crippen LogP contribution in [-0.4, -0.2) is 32.1 Å². The second-order valence-electron chi connectivity index (χ2n) is 7.95. The summed E-state index contributed by atoms with van der Waals surface area (Å²) in [5, 5.41) is 5.78. The van der Waals surface area contributed by atoms with Gasteiger partial charge in [-0.2, -0.15) is 10.1 Å². The molecule has 1 aliphatic carbocycles. The molecule has 1 aliphatic rings. The number of Topliss-reactive ketones (excluding diaryl/α,β-unsaturated/α-hetero) is 1. The fourth-order valence-corrected chi connectivity index (χ4v) is 3.64. The first kappa shape index (κ1) is 18.6. The van der Waals surface area contributed by atoms with Crippen LogP contribution in [-0.2, 0) is 11.8 Å². The third-order valence-corrected chi connectivity index (χ3v) is 5.31. The van der Waals surface area contributed by atoms with Crippen LogP contribution in [0.3, 0.4) is 0 Å². The fraction of sp³-hybridized carbons (Fsp3) is 0.455. The fourth-order valence-electron chi connectivity index (χ4n) is 3.64. The van der Waals surface area contributed by atoms with Crippen LogP contribution in [0.15, 0.2) is 24.4 Å². The molecule has 0 radical (unpaired) electrons. The maximum absolute atomic E-state index is 12.4. The second kappa shape index (κ2) is 7.34. The van der Waals surface area contributed by atoms with Gasteiger partial charge in [-0.25, -0.2) is 0 Å². The van der Waals surface area contributed by atoms with E-state index in [1.165, 1.54) is 12.8 Å². The lowest BCUT2D eigenvalue weighted by molar-refractivity contribution is -0.121. The molecule has 6 heteroatoms. The van der Waals surface area contributed by atoms with Crippen LogP contribution in [0.5, 0.6) is 5.88 Å². The molecule has 0 spiro atoms. The number of carbonyl (C=O) groups is 1. The molecule has 28 heavy (non-hydrogen) atoms. The van der Waals surface area contributed by atoms with Crippen LogP contribution < -0.4 is 4.74 Å². The molecule has 0 amide bonds. The second-order valence-corrected chi connectivity index (χ2v) is 7.95. The van der Waals surface area contributed by atoms with Crippen molar-refractivity contribution >= 4 is 16.8 Å². The first-order valence-corrected chi connectivity index (χ1v) is 9.83. The zero-order valence-electron chi connectivity index (χ0n) is 16.9. The minimum absolute atomic E-state index is 0.0153. The minimum atomic E-state index is 0.0153. The van der Waals surface area contributed by atoms with E-state index in [0.717, 1.165) is 33.5 Å². The molecule has 6 nitrogen and oxygen atoms in total. The molecule has 0 aliphatic heterocycles. The Bertz CT molecular complexity index is 1040. The van der Waals surface area contributed by atoms with Crippen LogP contribution in [0.2, 0.25) is 0 Å². The largest absolute Gasteiger partial charge is 0.470 e. The third-order valence-electron chi connectivity index (χ3n) is 5.31. The van der Waals surface area contributed by atoms with Crippen LogP contribution in [0, 0.1) is 13.8 Å². The molecule has 1 unspecified atom stereocenters. The molecule has 1 fully saturated rings. The van der Waals surface area contributed by atoms with E-state index < -0.39 is 0 Å². The topological polar surface area (TPSA) is 69.9 Å². The molecule has 4 rings (SSSR count). The van der Waals surface area contributed by atoms with Gasteiger partial charge in [0.2, 0.25) is 5.88 Å². The van der Waals surface area contributed by atoms with E-state index in [1.807, 2.05) is 43.8 Å². The number of aryl methyl sites for hydroxylation is 3. The van der Waals surface area contributed by atoms with Crippen molar-refractivity contribution in [1.29, 1.82) is 0 Å². The van der Waals surface area contributed by atoms with E-state index >= 15 is 0 Å². The van der Waals surface area contributed by atoms with Crippen molar-refractivity contribution in [2.45, 2.75) is 51.9 Å². The highest BCUT2D eigenvalue weighted by Gasteiger charge is 2.30. The van der Waals surface area contributed by atoms with Crippen molar-refractivity contribution in [3.8, 4) is 5.88 Å². The molecular formula is C22H26N4O2. The predicted octanol–water partition coefficient (Wildman–Crippen LogP) is 4.00. The number of hydrogen-bond acceptors (Lipinski definition) is 5. The van der Waals surface area contributed by atoms with Gasteiger partial charge in [0.15, 0.2) is 11.4 Å². The summed E-state index contributed by atoms with van der Waals surface area (Å²) < 4.78 is 7.55. The number of pyridine rings is 2. The van der Waals surface area contributed by atoms with Crippen molar-refractivity contribution in [3.63, 3.8) is 0 Å². The summed E-state index contributed by atoms with van der Waals surface area (Å²) >= 11 is 0. The zero-order valence-corrected chi connectivity index (χ0v) is 16.9. The molecule has 0 N–H and O–H groups in total. The molecule has 3 aromatic heterocycles. The highest BCUT2D eigenvalue weighted by atomic mass is 16.5. The number of nitrogens with zero attached hydrogens (tertiary/aromatic N) is 4. The predicted molar refractivity (Wildman–Crippen MR) is 108 cm³/mol. The van der Waals surface area contributed by atoms with Crippen molar-refractivity contribution in [1.82, 2.24) is 19.7 Å². The lowest BCUT2D eigenvalue weighted by Gasteiger charge is -2.11. The lowest BCUT2D eigenvalue weighted by Crippen LogP contribution is -2.15. The van der Waals surface area contributed by atoms with Gasteiger partial charge in [0, 0.05) is 48.6 Å². The number of carbonyl (C=O) groups excluding carboxylic acids is 1. The zero-order chi connectivity index (χ0) is 19.8. The smallest absolute Gasteiger partial charge is 0.215 e. The van der Waals surface area contributed by atoms with Gasteiger partial charge in [-0.15, -0.1) is 0 Å². The Hall–Kier alpha value is -2.76. The van der Waals surface area contributed by atoms with Crippen LogP contribution in [0.25, 0.3) is 11.0 Å². The Morgan fingerprint density at radius 3 is 2.82 bits per heavy atom. The van der Waals surface area contributed by atoms with E-state index in [9.17, 15) is 4.79 Å². The number of ether oxygens (including phenoxy) is 1. The number of ketones is 1. The highest BCUT2D eigenvalue weighted by Crippen LogP contribution is 2.43. The summed E-state index contributed by atoms with van der Waals surface area (Å²) in [7, 11) is 1.91. The first-order chi connectivity index (χ1) is 13.4. The molecule has 1 saturated carbocycles. The van der Waals surface area contributed by atoms with E-state index in [-0.39, 0.29) is 18.3 Å². The maximum Gasteiger partial charge on any atom is 0.215 e. The minimum Gasteiger partial charge on any atom is -0.470 e. The Morgan fingerprint density at radius 2 is 2.11 bits per heavy atom. The number of rotatable bonds is 7. The Morgan fingerprint density at radius 1 is 1.32 bits per heavy atom. The van der Waals surface area contributed by atoms with E-state index in [0.29, 0.717) is 18.2 Å². The molecule has 0 bridgehead atoms. The summed E-state index contributed by atoms with van der Waals surface area (Å²) in [5.74, 6) is 1.14. The number of fused-ring (bicyclic) bond motifs is 1. The van der Waals surface area contributed by atoms with Crippen molar-refractivity contribution in [2.75, 3.05) is 6.61 Å². The van der Waals surface area contributed by atoms with Crippen molar-refractivity contribution in [3.05, 3.63) is 46.9 Å². The van der Waals surface area contributed by atoms with Gasteiger partial charge in [-0.1, -0.05) is 6.92 Å². The van der Waals surface area contributed by atoms with Gasteiger partial charge in [0.05, 0.1) is 5.69 Å². The molecule has 0 saturated heterocycles. The van der Waals surface area contributed by atoms with Crippen LogP contribution in [0.1, 0.15) is 60.5 Å². The quantitative estimate of drug-likeness (QED) is 0.621. The highest BCUT2D eigenvalue weighted by molar-refractivity contribution is 5.84. The molecule has 146 valence electrons. The van der Waals surface area contributed by atoms with E-state index in [4.69, 9.17) is 4.74 Å². The summed E-state index contributed by atoms with van der Waals surface area (Å²) in [6.45, 7) is 6.11. The third kappa shape index (κ3) is 3.77.